The third-order valence-electron chi connectivity index (χ3n) is 4.29. The summed E-state index contributed by atoms with van der Waals surface area (Å²) in [5.74, 6) is 0. The van der Waals surface area contributed by atoms with Crippen LogP contribution in [0.1, 0.15) is 12.8 Å². The highest BCUT2D eigenvalue weighted by Crippen LogP contribution is 2.35. The molecule has 2 rings (SSSR count). The summed E-state index contributed by atoms with van der Waals surface area (Å²) in [6.07, 6.45) is 8.27. The van der Waals surface area contributed by atoms with Crippen LogP contribution in [0.25, 0.3) is 0 Å². The molecule has 62 valence electrons. The van der Waals surface area contributed by atoms with Crippen LogP contribution in [0.5, 0.6) is 0 Å². The maximum atomic E-state index is 2.57. The first-order chi connectivity index (χ1) is 6.33. The molecule has 1 atom stereocenters. The summed E-state index contributed by atoms with van der Waals surface area (Å²) < 4.78 is 0. The van der Waals surface area contributed by atoms with Crippen LogP contribution in [-0.4, -0.2) is 42.8 Å². The lowest BCUT2D eigenvalue weighted by Gasteiger charge is -2.36. The monoisotopic (exact) mass is 166 g/mol. The molecule has 2 heterocycles. The first-order valence-corrected chi connectivity index (χ1v) is 6.02. The third kappa shape index (κ3) is 1.82. The maximum absolute atomic E-state index is 2.57. The Kier molecular flexibility index (Phi) is 3.06. The van der Waals surface area contributed by atoms with Crippen molar-refractivity contribution in [2.75, 3.05) is 0 Å². The highest BCUT2D eigenvalue weighted by Gasteiger charge is 2.35. The van der Waals surface area contributed by atoms with Gasteiger partial charge < -0.3 is 0 Å². The van der Waals surface area contributed by atoms with Gasteiger partial charge >= 0.3 is 0 Å². The Bertz CT molecular complexity index is 215. The van der Waals surface area contributed by atoms with E-state index >= 15 is 0 Å². The van der Waals surface area contributed by atoms with Crippen molar-refractivity contribution in [2.24, 2.45) is 0 Å². The van der Waals surface area contributed by atoms with Crippen LogP contribution in [0, 0.1) is 0 Å². The molecule has 0 aromatic rings. The van der Waals surface area contributed by atoms with Gasteiger partial charge in [-0.05, 0) is 6.42 Å². The molecule has 0 saturated carbocycles. The van der Waals surface area contributed by atoms with Crippen LogP contribution in [0.2, 0.25) is 18.4 Å². The smallest absolute Gasteiger partial charge is 0.0951 e. The van der Waals surface area contributed by atoms with Crippen molar-refractivity contribution in [3.05, 3.63) is 11.6 Å². The number of fused-ring (bicyclic) bond motifs is 1. The highest BCUT2D eigenvalue weighted by atomic mass is 14.1. The van der Waals surface area contributed by atoms with Crippen molar-refractivity contribution in [1.82, 2.24) is 0 Å². The Morgan fingerprint density at radius 2 is 2.46 bits per heavy atom. The molecule has 6 heteroatoms. The quantitative estimate of drug-likeness (QED) is 0.330. The van der Waals surface area contributed by atoms with Gasteiger partial charge in [0.15, 0.2) is 0 Å². The van der Waals surface area contributed by atoms with Crippen molar-refractivity contribution in [2.45, 2.75) is 31.2 Å². The van der Waals surface area contributed by atoms with E-state index in [1.165, 1.54) is 39.8 Å². The largest absolute Gasteiger partial charge is 0.119 e. The van der Waals surface area contributed by atoms with E-state index in [9.17, 15) is 0 Å². The Morgan fingerprint density at radius 1 is 1.62 bits per heavy atom. The van der Waals surface area contributed by atoms with Gasteiger partial charge in [-0.25, -0.2) is 0 Å². The minimum absolute atomic E-state index is 0.963. The third-order valence-corrected chi connectivity index (χ3v) is 4.29. The SMILES string of the molecule is BBB1CC=C2CCCB[C@H]2B1B. The molecule has 0 unspecified atom stereocenters. The van der Waals surface area contributed by atoms with Gasteiger partial charge in [-0.2, -0.15) is 0 Å². The molecular weight excluding hydrogens is 149 g/mol. The second kappa shape index (κ2) is 4.11. The second-order valence-electron chi connectivity index (χ2n) is 4.89. The molecule has 1 fully saturated rings. The maximum Gasteiger partial charge on any atom is 0.119 e. The van der Waals surface area contributed by atoms with Crippen LogP contribution in [0.3, 0.4) is 0 Å². The van der Waals surface area contributed by atoms with Gasteiger partial charge in [0.1, 0.15) is 7.28 Å². The standard InChI is InChI=1S/C7H16B6/c8-11-12-5-3-6-2-1-4-10-7(6)13(12)9/h3,7,10-11H,1-2,4-5,8-9H2/t7-/m0/s1. The van der Waals surface area contributed by atoms with E-state index in [4.69, 9.17) is 0 Å². The Hall–Kier alpha value is 0.130. The van der Waals surface area contributed by atoms with Crippen molar-refractivity contribution in [3.63, 3.8) is 0 Å². The topological polar surface area (TPSA) is 0 Å². The van der Waals surface area contributed by atoms with E-state index < -0.39 is 0 Å². The lowest BCUT2D eigenvalue weighted by molar-refractivity contribution is 0.845. The molecule has 0 N–H and O–H groups in total. The van der Waals surface area contributed by atoms with Crippen molar-refractivity contribution >= 4 is 42.8 Å². The van der Waals surface area contributed by atoms with Crippen molar-refractivity contribution in [3.8, 4) is 0 Å². The van der Waals surface area contributed by atoms with Crippen LogP contribution < -0.4 is 0 Å². The zero-order valence-corrected chi connectivity index (χ0v) is 9.05. The molecule has 0 aromatic heterocycles. The molecule has 0 spiro atoms. The Balaban J connectivity index is 2.12. The molecule has 0 aromatic carbocycles. The minimum atomic E-state index is 0.963. The molecule has 2 aliphatic heterocycles. The fourth-order valence-electron chi connectivity index (χ4n) is 3.30. The molecule has 0 aliphatic carbocycles. The van der Waals surface area contributed by atoms with Gasteiger partial charge in [-0.15, -0.1) is 0 Å². The molecule has 13 heavy (non-hydrogen) atoms. The summed E-state index contributed by atoms with van der Waals surface area (Å²) in [6.45, 7) is 1.94. The predicted octanol–water partition coefficient (Wildman–Crippen LogP) is -1.42. The molecule has 0 radical (unpaired) electrons. The molecule has 0 bridgehead atoms. The van der Waals surface area contributed by atoms with Gasteiger partial charge in [-0.1, -0.05) is 36.4 Å². The predicted molar refractivity (Wildman–Crippen MR) is 73.6 cm³/mol. The first kappa shape index (κ1) is 9.68. The number of rotatable bonds is 1. The van der Waals surface area contributed by atoms with E-state index in [0.717, 1.165) is 18.7 Å². The van der Waals surface area contributed by atoms with Gasteiger partial charge in [0, 0.05) is 7.06 Å². The van der Waals surface area contributed by atoms with Crippen LogP contribution in [0.4, 0.5) is 0 Å². The van der Waals surface area contributed by atoms with Crippen LogP contribution >= 0.6 is 0 Å². The molecular formula is C7H16B6. The summed E-state index contributed by atoms with van der Waals surface area (Å²) in [4.78, 5) is 0. The van der Waals surface area contributed by atoms with Gasteiger partial charge in [0.25, 0.3) is 0 Å². The normalized spacial score (nSPS) is 27.4. The number of hydrogen-bond acceptors (Lipinski definition) is 0. The lowest BCUT2D eigenvalue weighted by Crippen LogP contribution is -2.50. The Morgan fingerprint density at radius 3 is 3.23 bits per heavy atom. The first-order valence-electron chi connectivity index (χ1n) is 6.02. The molecule has 0 amide bonds. The van der Waals surface area contributed by atoms with Gasteiger partial charge in [-0.3, -0.25) is 0 Å². The summed E-state index contributed by atoms with van der Waals surface area (Å²) >= 11 is 0. The fraction of sp³-hybridized carbons (Fsp3) is 0.714. The Labute approximate surface area is 86.1 Å². The summed E-state index contributed by atoms with van der Waals surface area (Å²) in [5, 5.41) is 0. The average molecular weight is 165 g/mol. The second-order valence-corrected chi connectivity index (χ2v) is 4.89. The summed E-state index contributed by atoms with van der Waals surface area (Å²) in [7, 11) is 7.69. The number of hydrogen-bond donors (Lipinski definition) is 0. The molecule has 1 saturated heterocycles. The van der Waals surface area contributed by atoms with Gasteiger partial charge in [0.2, 0.25) is 0 Å². The van der Waals surface area contributed by atoms with Crippen molar-refractivity contribution in [1.29, 1.82) is 0 Å². The lowest BCUT2D eigenvalue weighted by atomic mass is 8.81. The average Bonchev–Trinajstić information content (AvgIpc) is 2.19. The molecule has 2 aliphatic rings. The summed E-state index contributed by atoms with van der Waals surface area (Å²) in [5.41, 5.74) is 2.77. The zero-order valence-electron chi connectivity index (χ0n) is 9.05. The van der Waals surface area contributed by atoms with E-state index in [1.54, 1.807) is 0 Å². The van der Waals surface area contributed by atoms with Crippen molar-refractivity contribution < 1.29 is 0 Å². The van der Waals surface area contributed by atoms with E-state index in [0.29, 0.717) is 0 Å². The van der Waals surface area contributed by atoms with E-state index in [-0.39, 0.29) is 0 Å². The van der Waals surface area contributed by atoms with Crippen LogP contribution in [0.15, 0.2) is 11.6 Å². The van der Waals surface area contributed by atoms with Gasteiger partial charge in [0.05, 0.1) is 28.5 Å². The minimum Gasteiger partial charge on any atom is -0.0951 e. The number of allylic oxidation sites excluding steroid dienone is 2. The van der Waals surface area contributed by atoms with Crippen LogP contribution in [-0.2, 0) is 0 Å². The summed E-state index contributed by atoms with van der Waals surface area (Å²) in [6, 6.07) is 0. The highest BCUT2D eigenvalue weighted by molar-refractivity contribution is 7.63. The van der Waals surface area contributed by atoms with E-state index in [1.807, 2.05) is 5.57 Å². The van der Waals surface area contributed by atoms with E-state index in [2.05, 4.69) is 21.6 Å². The zero-order chi connectivity index (χ0) is 9.26. The fourth-order valence-corrected chi connectivity index (χ4v) is 3.30. The molecule has 0 nitrogen and oxygen atoms in total.